The van der Waals surface area contributed by atoms with Crippen LogP contribution in [0.15, 0.2) is 24.3 Å². The maximum absolute atomic E-state index is 11.9. The third kappa shape index (κ3) is 10.5. The number of hydrogen-bond donors (Lipinski definition) is 1. The van der Waals surface area contributed by atoms with Crippen molar-refractivity contribution in [2.45, 2.75) is 98.3 Å². The van der Waals surface area contributed by atoms with Gasteiger partial charge in [-0.2, -0.15) is 0 Å². The normalized spacial score (nSPS) is 13.9. The van der Waals surface area contributed by atoms with Crippen molar-refractivity contribution in [3.63, 3.8) is 0 Å². The predicted octanol–water partition coefficient (Wildman–Crippen LogP) is 4.38. The molecular weight excluding hydrogens is 394 g/mol. The first-order chi connectivity index (χ1) is 14.6. The van der Waals surface area contributed by atoms with Crippen molar-refractivity contribution in [3.05, 3.63) is 35.4 Å². The molecule has 0 bridgehead atoms. The Kier molecular flexibility index (Phi) is 11.9. The molecule has 0 saturated carbocycles. The van der Waals surface area contributed by atoms with Crippen LogP contribution in [-0.4, -0.2) is 36.1 Å². The van der Waals surface area contributed by atoms with Crippen LogP contribution in [0.4, 0.5) is 0 Å². The van der Waals surface area contributed by atoms with Crippen LogP contribution < -0.4 is 5.32 Å². The number of carbonyl (C=O) groups excluding carboxylic acids is 3. The summed E-state index contributed by atoms with van der Waals surface area (Å²) in [7, 11) is 0. The zero-order valence-electron chi connectivity index (χ0n) is 19.9. The van der Waals surface area contributed by atoms with Crippen molar-refractivity contribution in [2.24, 2.45) is 5.92 Å². The summed E-state index contributed by atoms with van der Waals surface area (Å²) in [6.07, 6.45) is 5.05. The Labute approximate surface area is 187 Å². The zero-order chi connectivity index (χ0) is 23.4. The standard InChI is InChI=1S/C25H39NO5/c1-7-8-9-10-11-21-12-14-22(15-13-21)16-23(30-19(5)28)24(26-18(4)27)25(17(2)3)31-20(6)29/h12-15,17,23-25H,7-11,16H2,1-6H3,(H,26,27). The second-order valence-electron chi connectivity index (χ2n) is 8.52. The number of rotatable bonds is 13. The molecule has 31 heavy (non-hydrogen) atoms. The van der Waals surface area contributed by atoms with E-state index in [4.69, 9.17) is 9.47 Å². The summed E-state index contributed by atoms with van der Waals surface area (Å²) in [5.41, 5.74) is 2.27. The van der Waals surface area contributed by atoms with Crippen molar-refractivity contribution in [1.29, 1.82) is 0 Å². The molecule has 3 atom stereocenters. The fourth-order valence-corrected chi connectivity index (χ4v) is 3.72. The molecule has 0 spiro atoms. The van der Waals surface area contributed by atoms with Gasteiger partial charge in [-0.05, 0) is 29.9 Å². The van der Waals surface area contributed by atoms with E-state index in [1.807, 2.05) is 26.0 Å². The van der Waals surface area contributed by atoms with Gasteiger partial charge in [0.15, 0.2) is 0 Å². The van der Waals surface area contributed by atoms with Crippen molar-refractivity contribution in [2.75, 3.05) is 0 Å². The van der Waals surface area contributed by atoms with E-state index in [9.17, 15) is 14.4 Å². The molecule has 6 heteroatoms. The second-order valence-corrected chi connectivity index (χ2v) is 8.52. The molecule has 1 aromatic rings. The van der Waals surface area contributed by atoms with Crippen molar-refractivity contribution in [1.82, 2.24) is 5.32 Å². The third-order valence-electron chi connectivity index (χ3n) is 5.18. The Hall–Kier alpha value is -2.37. The Bertz CT molecular complexity index is 698. The Morgan fingerprint density at radius 3 is 1.94 bits per heavy atom. The summed E-state index contributed by atoms with van der Waals surface area (Å²) in [5, 5.41) is 2.85. The van der Waals surface area contributed by atoms with Crippen molar-refractivity contribution in [3.8, 4) is 0 Å². The summed E-state index contributed by atoms with van der Waals surface area (Å²) >= 11 is 0. The molecule has 1 N–H and O–H groups in total. The van der Waals surface area contributed by atoms with Gasteiger partial charge in [0, 0.05) is 27.2 Å². The molecule has 0 aliphatic carbocycles. The van der Waals surface area contributed by atoms with Gasteiger partial charge in [-0.3, -0.25) is 14.4 Å². The molecule has 0 fully saturated rings. The molecule has 1 amide bonds. The monoisotopic (exact) mass is 433 g/mol. The number of hydrogen-bond acceptors (Lipinski definition) is 5. The van der Waals surface area contributed by atoms with E-state index in [1.54, 1.807) is 0 Å². The van der Waals surface area contributed by atoms with Gasteiger partial charge in [-0.1, -0.05) is 64.3 Å². The van der Waals surface area contributed by atoms with Crippen LogP contribution in [0.25, 0.3) is 0 Å². The molecule has 1 rings (SSSR count). The quantitative estimate of drug-likeness (QED) is 0.369. The van der Waals surface area contributed by atoms with Crippen LogP contribution in [0.5, 0.6) is 0 Å². The topological polar surface area (TPSA) is 81.7 Å². The van der Waals surface area contributed by atoms with Gasteiger partial charge in [-0.25, -0.2) is 0 Å². The average molecular weight is 434 g/mol. The third-order valence-corrected chi connectivity index (χ3v) is 5.18. The van der Waals surface area contributed by atoms with E-state index in [0.717, 1.165) is 12.0 Å². The van der Waals surface area contributed by atoms with Gasteiger partial charge in [0.2, 0.25) is 5.91 Å². The van der Waals surface area contributed by atoms with Gasteiger partial charge in [0.1, 0.15) is 18.2 Å². The summed E-state index contributed by atoms with van der Waals surface area (Å²) in [4.78, 5) is 35.4. The number of amides is 1. The van der Waals surface area contributed by atoms with Crippen molar-refractivity contribution < 1.29 is 23.9 Å². The fraction of sp³-hybridized carbons (Fsp3) is 0.640. The highest BCUT2D eigenvalue weighted by molar-refractivity contribution is 5.74. The summed E-state index contributed by atoms with van der Waals surface area (Å²) in [6, 6.07) is 7.62. The highest BCUT2D eigenvalue weighted by atomic mass is 16.6. The highest BCUT2D eigenvalue weighted by Crippen LogP contribution is 2.21. The van der Waals surface area contributed by atoms with E-state index in [1.165, 1.54) is 52.0 Å². The maximum atomic E-state index is 11.9. The summed E-state index contributed by atoms with van der Waals surface area (Å²) < 4.78 is 11.1. The molecule has 174 valence electrons. The first-order valence-electron chi connectivity index (χ1n) is 11.3. The molecular formula is C25H39NO5. The largest absolute Gasteiger partial charge is 0.460 e. The zero-order valence-corrected chi connectivity index (χ0v) is 19.9. The van der Waals surface area contributed by atoms with E-state index in [2.05, 4.69) is 24.4 Å². The van der Waals surface area contributed by atoms with Gasteiger partial charge in [0.25, 0.3) is 0 Å². The molecule has 6 nitrogen and oxygen atoms in total. The molecule has 3 unspecified atom stereocenters. The molecule has 0 aromatic heterocycles. The van der Waals surface area contributed by atoms with Gasteiger partial charge in [0.05, 0.1) is 0 Å². The van der Waals surface area contributed by atoms with Gasteiger partial charge >= 0.3 is 11.9 Å². The fourth-order valence-electron chi connectivity index (χ4n) is 3.72. The Morgan fingerprint density at radius 2 is 1.45 bits per heavy atom. The Morgan fingerprint density at radius 1 is 0.871 bits per heavy atom. The minimum Gasteiger partial charge on any atom is -0.460 e. The van der Waals surface area contributed by atoms with E-state index in [0.29, 0.717) is 6.42 Å². The van der Waals surface area contributed by atoms with Crippen LogP contribution in [0.3, 0.4) is 0 Å². The number of nitrogens with one attached hydrogen (secondary N) is 1. The van der Waals surface area contributed by atoms with E-state index < -0.39 is 30.2 Å². The molecule has 0 aliphatic heterocycles. The van der Waals surface area contributed by atoms with Gasteiger partial charge < -0.3 is 14.8 Å². The minimum absolute atomic E-state index is 0.0793. The molecule has 0 aliphatic rings. The molecule has 0 radical (unpaired) electrons. The van der Waals surface area contributed by atoms with Crippen LogP contribution in [-0.2, 0) is 36.7 Å². The summed E-state index contributed by atoms with van der Waals surface area (Å²) in [5.74, 6) is -1.24. The smallest absolute Gasteiger partial charge is 0.302 e. The lowest BCUT2D eigenvalue weighted by atomic mass is 9.91. The molecule has 1 aromatic carbocycles. The number of aryl methyl sites for hydroxylation is 1. The maximum Gasteiger partial charge on any atom is 0.302 e. The lowest BCUT2D eigenvalue weighted by Gasteiger charge is -2.35. The van der Waals surface area contributed by atoms with E-state index >= 15 is 0 Å². The molecule has 0 heterocycles. The van der Waals surface area contributed by atoms with Crippen LogP contribution in [0, 0.1) is 5.92 Å². The van der Waals surface area contributed by atoms with Crippen LogP contribution in [0.2, 0.25) is 0 Å². The lowest BCUT2D eigenvalue weighted by molar-refractivity contribution is -0.159. The van der Waals surface area contributed by atoms with Crippen LogP contribution in [0.1, 0.15) is 78.4 Å². The lowest BCUT2D eigenvalue weighted by Crippen LogP contribution is -2.55. The van der Waals surface area contributed by atoms with Gasteiger partial charge in [-0.15, -0.1) is 0 Å². The number of carbonyl (C=O) groups is 3. The Balaban J connectivity index is 3.05. The highest BCUT2D eigenvalue weighted by Gasteiger charge is 2.36. The second kappa shape index (κ2) is 13.8. The molecule has 0 saturated heterocycles. The first-order valence-corrected chi connectivity index (χ1v) is 11.3. The SMILES string of the molecule is CCCCCCc1ccc(CC(OC(C)=O)C(NC(C)=O)C(OC(C)=O)C(C)C)cc1. The van der Waals surface area contributed by atoms with E-state index in [-0.39, 0.29) is 11.8 Å². The number of unbranched alkanes of at least 4 members (excludes halogenated alkanes) is 3. The first kappa shape index (κ1) is 26.7. The predicted molar refractivity (Wildman–Crippen MR) is 122 cm³/mol. The minimum atomic E-state index is -0.663. The average Bonchev–Trinajstić information content (AvgIpc) is 2.67. The number of esters is 2. The summed E-state index contributed by atoms with van der Waals surface area (Å²) in [6.45, 7) is 10.1. The van der Waals surface area contributed by atoms with Crippen LogP contribution >= 0.6 is 0 Å². The number of ether oxygens (including phenoxy) is 2. The van der Waals surface area contributed by atoms with Crippen molar-refractivity contribution >= 4 is 17.8 Å². The number of benzene rings is 1.